The van der Waals surface area contributed by atoms with Gasteiger partial charge < -0.3 is 74.6 Å². The van der Waals surface area contributed by atoms with Gasteiger partial charge in [0.1, 0.15) is 43.9 Å². The van der Waals surface area contributed by atoms with E-state index in [2.05, 4.69) is 33.5 Å². The Bertz CT molecular complexity index is 3380. The molecule has 3 aliphatic heterocycles. The Labute approximate surface area is 416 Å². The maximum absolute atomic E-state index is 16.6. The number of aliphatic hydroxyl groups excluding tert-OH is 3. The SMILES string of the molecule is CN(C)C(=O)C[C@H]1[C@@H](O)[C@H]([n+]2cn(C)c3c(=O)[nH]c(N)nc32)O[C@@H]1COP(=O)(O)OP(=O)(O)OP(=O)(O)OC[C@H]1O[C@@H](n2cnc3c(N)ncnc32)[C@H](F)[C@@H]1P(=O)([O-])OC[C@H]1O[C@@H](n2ccc(=O)[nH]c2=O)[C@H](O)[C@@H]1O. The molecular weight excluding hydrogens is 1100 g/mol. The molecule has 41 heteroatoms. The number of rotatable bonds is 19. The van der Waals surface area contributed by atoms with E-state index in [4.69, 9.17) is 39.2 Å². The third-order valence-electron chi connectivity index (χ3n) is 11.9. The number of nitrogen functional groups attached to an aromatic ring is 2. The lowest BCUT2D eigenvalue weighted by atomic mass is 9.94. The summed E-state index contributed by atoms with van der Waals surface area (Å²) in [5.74, 6) is -2.36. The van der Waals surface area contributed by atoms with Crippen molar-refractivity contribution in [3.63, 3.8) is 0 Å². The first-order valence-corrected chi connectivity index (χ1v) is 27.6. The summed E-state index contributed by atoms with van der Waals surface area (Å²) >= 11 is 0. The van der Waals surface area contributed by atoms with Gasteiger partial charge in [0.25, 0.3) is 17.1 Å². The number of phosphoric ester groups is 2. The molecule has 3 aliphatic rings. The van der Waals surface area contributed by atoms with Gasteiger partial charge in [-0.2, -0.15) is 8.62 Å². The monoisotopic (exact) mass is 1150 g/mol. The highest BCUT2D eigenvalue weighted by atomic mass is 31.3. The second-order valence-corrected chi connectivity index (χ2v) is 23.7. The predicted octanol–water partition coefficient (Wildman–Crippen LogP) is -4.38. The minimum Gasteiger partial charge on any atom is -0.778 e. The van der Waals surface area contributed by atoms with Crippen molar-refractivity contribution in [2.24, 2.45) is 13.0 Å². The van der Waals surface area contributed by atoms with Crippen LogP contribution in [-0.4, -0.2) is 167 Å². The fraction of sp³-hybridized carbons (Fsp3) is 0.559. The zero-order chi connectivity index (χ0) is 54.9. The average molecular weight is 1150 g/mol. The van der Waals surface area contributed by atoms with Crippen LogP contribution in [0.2, 0.25) is 0 Å². The highest BCUT2D eigenvalue weighted by Crippen LogP contribution is 2.68. The number of anilines is 2. The molecule has 8 heterocycles. The smallest absolute Gasteiger partial charge is 0.490 e. The van der Waals surface area contributed by atoms with Gasteiger partial charge in [-0.05, 0) is 0 Å². The molecule has 5 aromatic heterocycles. The van der Waals surface area contributed by atoms with Crippen LogP contribution < -0.4 is 37.7 Å². The number of aliphatic hydroxyl groups is 3. The topological polar surface area (TPSA) is 512 Å². The number of nitrogens with one attached hydrogen (secondary N) is 2. The van der Waals surface area contributed by atoms with Crippen molar-refractivity contribution in [1.29, 1.82) is 0 Å². The molecule has 0 radical (unpaired) electrons. The van der Waals surface area contributed by atoms with Crippen molar-refractivity contribution in [1.82, 2.24) is 48.5 Å². The van der Waals surface area contributed by atoms with Crippen LogP contribution in [0.3, 0.4) is 0 Å². The Morgan fingerprint density at radius 3 is 2.16 bits per heavy atom. The number of hydrogen-bond acceptors (Lipinski definition) is 26. The van der Waals surface area contributed by atoms with Crippen molar-refractivity contribution >= 4 is 71.1 Å². The lowest BCUT2D eigenvalue weighted by molar-refractivity contribution is -0.745. The van der Waals surface area contributed by atoms with E-state index in [1.54, 1.807) is 0 Å². The number of amides is 1. The molecule has 0 bridgehead atoms. The predicted molar refractivity (Wildman–Crippen MR) is 239 cm³/mol. The summed E-state index contributed by atoms with van der Waals surface area (Å²) < 4.78 is 114. The van der Waals surface area contributed by atoms with Crippen LogP contribution in [0.15, 0.2) is 45.6 Å². The van der Waals surface area contributed by atoms with Crippen LogP contribution in [0.4, 0.5) is 16.2 Å². The highest BCUT2D eigenvalue weighted by Gasteiger charge is 2.55. The highest BCUT2D eigenvalue weighted by molar-refractivity contribution is 7.66. The summed E-state index contributed by atoms with van der Waals surface area (Å²) in [6, 6.07) is 0.881. The van der Waals surface area contributed by atoms with Gasteiger partial charge in [0, 0.05) is 38.7 Å². The van der Waals surface area contributed by atoms with E-state index in [-0.39, 0.29) is 34.1 Å². The van der Waals surface area contributed by atoms with Crippen molar-refractivity contribution in [2.75, 3.05) is 45.4 Å². The van der Waals surface area contributed by atoms with Gasteiger partial charge in [-0.3, -0.25) is 47.1 Å². The summed E-state index contributed by atoms with van der Waals surface area (Å²) in [5.41, 5.74) is 5.98. The fourth-order valence-electron chi connectivity index (χ4n) is 8.42. The Balaban J connectivity index is 0.957. The van der Waals surface area contributed by atoms with Crippen LogP contribution in [0.5, 0.6) is 0 Å². The van der Waals surface area contributed by atoms with Crippen LogP contribution in [0.1, 0.15) is 25.1 Å². The number of imidazole rings is 2. The molecule has 5 aromatic rings. The van der Waals surface area contributed by atoms with Crippen molar-refractivity contribution in [2.45, 2.75) is 73.6 Å². The number of aromatic nitrogens is 10. The zero-order valence-electron chi connectivity index (χ0n) is 38.6. The molecule has 36 nitrogen and oxygen atoms in total. The van der Waals surface area contributed by atoms with Crippen LogP contribution in [0, 0.1) is 5.92 Å². The van der Waals surface area contributed by atoms with Gasteiger partial charge in [-0.1, -0.05) is 4.98 Å². The van der Waals surface area contributed by atoms with E-state index >= 15 is 4.39 Å². The second-order valence-electron chi connectivity index (χ2n) is 17.1. The molecule has 16 atom stereocenters. The number of aryl methyl sites for hydroxylation is 1. The van der Waals surface area contributed by atoms with Gasteiger partial charge >= 0.3 is 34.8 Å². The molecule has 1 amide bonds. The van der Waals surface area contributed by atoms with E-state index in [1.165, 1.54) is 36.6 Å². The van der Waals surface area contributed by atoms with Crippen molar-refractivity contribution < 1.29 is 103 Å². The molecule has 3 saturated heterocycles. The number of alkyl halides is 1. The molecular formula is C34H46FN13O23P4. The largest absolute Gasteiger partial charge is 0.778 e. The molecule has 0 aliphatic carbocycles. The standard InChI is InChI=1S/C34H46FN13O23P4/c1-44(2)18(50)6-13-14(67-31(22(13)51)48-12-45(3)21-28(48)42-33(37)43-29(21)54)7-65-73(58,59)70-75(62,63)71-74(60,61)66-9-16-25(19(35)30(69-16)47-11-40-20-26(36)38-10-39-27(20)47)72(56,57)64-8-15-23(52)24(53)32(68-15)46-5-4-17(49)41-34(46)55/h4-5,10-16,19,22-25,30-32,51-53H,6-9H2,1-3H3,(H9-,36,37,38,39,41,42,43,49,54,55,56,57,58,59,60,61,62,63)/t13-,14-,15-,16-,19-,22-,23-,24-,25-,30-,31-,32-/m1/s1. The van der Waals surface area contributed by atoms with E-state index in [1.807, 2.05) is 4.98 Å². The number of H-pyrrole nitrogens is 2. The zero-order valence-corrected chi connectivity index (χ0v) is 42.2. The first kappa shape index (κ1) is 56.1. The Hall–Kier alpha value is -5.10. The molecule has 4 unspecified atom stereocenters. The Kier molecular flexibility index (Phi) is 15.7. The van der Waals surface area contributed by atoms with Crippen molar-refractivity contribution in [3.8, 4) is 0 Å². The number of aromatic amines is 2. The lowest BCUT2D eigenvalue weighted by Gasteiger charge is -2.34. The van der Waals surface area contributed by atoms with Crippen LogP contribution in [0.25, 0.3) is 22.3 Å². The number of phosphoric acid groups is 3. The summed E-state index contributed by atoms with van der Waals surface area (Å²) in [6.07, 6.45) is -15.4. The normalized spacial score (nSPS) is 30.3. The van der Waals surface area contributed by atoms with Crippen LogP contribution in [-0.2, 0) is 66.5 Å². The molecule has 0 saturated carbocycles. The Morgan fingerprint density at radius 1 is 0.867 bits per heavy atom. The van der Waals surface area contributed by atoms with Gasteiger partial charge in [-0.15, -0.1) is 0 Å². The number of nitrogens with two attached hydrogens (primary N) is 2. The van der Waals surface area contributed by atoms with Gasteiger partial charge in [-0.25, -0.2) is 42.4 Å². The number of ether oxygens (including phenoxy) is 3. The van der Waals surface area contributed by atoms with E-state index in [9.17, 15) is 72.3 Å². The summed E-state index contributed by atoms with van der Waals surface area (Å²) in [5, 5.41) is 32.7. The molecule has 0 aromatic carbocycles. The maximum atomic E-state index is 16.6. The lowest BCUT2D eigenvalue weighted by Crippen LogP contribution is -2.45. The summed E-state index contributed by atoms with van der Waals surface area (Å²) in [4.78, 5) is 116. The number of fused-ring (bicyclic) bond motifs is 2. The van der Waals surface area contributed by atoms with E-state index in [0.29, 0.717) is 4.57 Å². The van der Waals surface area contributed by atoms with Gasteiger partial charge in [0.2, 0.25) is 17.7 Å². The molecule has 0 spiro atoms. The third kappa shape index (κ3) is 11.6. The number of hydrogen-bond donors (Lipinski definition) is 10. The minimum absolute atomic E-state index is 0.0246. The molecule has 75 heavy (non-hydrogen) atoms. The maximum Gasteiger partial charge on any atom is 0.490 e. The number of carbonyl (C=O) groups is 1. The summed E-state index contributed by atoms with van der Waals surface area (Å²) in [7, 11) is -19.9. The molecule has 3 fully saturated rings. The number of nitrogens with zero attached hydrogens (tertiary/aromatic N) is 9. The minimum atomic E-state index is -6.30. The Morgan fingerprint density at radius 2 is 1.51 bits per heavy atom. The first-order chi connectivity index (χ1) is 35.0. The van der Waals surface area contributed by atoms with Gasteiger partial charge in [0.15, 0.2) is 36.4 Å². The average Bonchev–Trinajstić information content (AvgIpc) is 4.10. The number of carbonyl (C=O) groups excluding carboxylic acids is 1. The van der Waals surface area contributed by atoms with Gasteiger partial charge in [0.05, 0.1) is 51.1 Å². The fourth-order valence-corrected chi connectivity index (χ4v) is 13.5. The molecule has 12 N–H and O–H groups in total. The number of halogens is 1. The van der Waals surface area contributed by atoms with E-state index < -0.39 is 153 Å². The van der Waals surface area contributed by atoms with Crippen molar-refractivity contribution in [3.05, 3.63) is 62.4 Å². The molecule has 412 valence electrons. The van der Waals surface area contributed by atoms with E-state index in [0.717, 1.165) is 34.4 Å². The second kappa shape index (κ2) is 21.0. The summed E-state index contributed by atoms with van der Waals surface area (Å²) in [6.45, 7) is -3.80. The first-order valence-electron chi connectivity index (χ1n) is 21.5. The quantitative estimate of drug-likeness (QED) is 0.0276. The molecule has 8 rings (SSSR count). The van der Waals surface area contributed by atoms with Crippen LogP contribution >= 0.6 is 31.1 Å². The third-order valence-corrected chi connectivity index (χ3v) is 18.0.